The third kappa shape index (κ3) is 5.68. The van der Waals surface area contributed by atoms with Crippen molar-refractivity contribution in [3.63, 3.8) is 0 Å². The number of likely N-dealkylation sites (tertiary alicyclic amines) is 1. The molecule has 4 aromatic rings. The number of amides is 2. The molecule has 0 radical (unpaired) electrons. The molecule has 1 saturated heterocycles. The van der Waals surface area contributed by atoms with E-state index in [4.69, 9.17) is 38.8 Å². The second-order valence-electron chi connectivity index (χ2n) is 10.6. The number of aromatic nitrogens is 4. The Hall–Kier alpha value is -3.89. The van der Waals surface area contributed by atoms with Crippen LogP contribution in [-0.4, -0.2) is 55.3 Å². The Labute approximate surface area is 241 Å². The molecule has 5 rings (SSSR count). The molecule has 208 valence electrons. The van der Waals surface area contributed by atoms with Gasteiger partial charge in [-0.05, 0) is 57.9 Å². The third-order valence-electron chi connectivity index (χ3n) is 6.50. The van der Waals surface area contributed by atoms with Crippen molar-refractivity contribution in [2.24, 2.45) is 0 Å². The fraction of sp³-hybridized carbons (Fsp3) is 0.321. The minimum absolute atomic E-state index is 0.181. The van der Waals surface area contributed by atoms with Gasteiger partial charge in [-0.3, -0.25) is 9.48 Å². The monoisotopic (exact) mass is 581 g/mol. The standard InChI is InChI=1S/C28H29Cl2N7O3/c1-28(2,3)40-27(39)36-12-6-7-17(15-36)37-24-20(30)14-33-25(31)22(24)23(35-37)18-10-9-16(13-19(18)29)26(38)34-21-8-4-5-11-32-21/h4-5,8-11,13-14,17H,6-7,12,15H2,1-3H3,(H2,31,33)(H,32,34,38)/t17-/m1/s1. The largest absolute Gasteiger partial charge is 0.444 e. The van der Waals surface area contributed by atoms with E-state index < -0.39 is 5.60 Å². The lowest BCUT2D eigenvalue weighted by atomic mass is 10.0. The summed E-state index contributed by atoms with van der Waals surface area (Å²) in [5.41, 5.74) is 7.75. The number of nitrogens with one attached hydrogen (secondary N) is 1. The SMILES string of the molecule is CC(C)(C)OC(=O)N1CCC[C@@H](n2nc(-c3ccc(C(=O)Nc4ccccn4)cc3Cl)c3c(N)ncc(Cl)c32)C1. The van der Waals surface area contributed by atoms with E-state index in [9.17, 15) is 9.59 Å². The summed E-state index contributed by atoms with van der Waals surface area (Å²) in [4.78, 5) is 35.7. The molecule has 1 aromatic carbocycles. The molecule has 12 heteroatoms. The lowest BCUT2D eigenvalue weighted by Gasteiger charge is -2.34. The molecule has 4 heterocycles. The summed E-state index contributed by atoms with van der Waals surface area (Å²) in [7, 11) is 0. The van der Waals surface area contributed by atoms with Crippen LogP contribution in [-0.2, 0) is 4.74 Å². The number of carbonyl (C=O) groups excluding carboxylic acids is 2. The van der Waals surface area contributed by atoms with Crippen LogP contribution < -0.4 is 11.1 Å². The van der Waals surface area contributed by atoms with E-state index in [1.165, 1.54) is 6.20 Å². The molecule has 2 amide bonds. The second-order valence-corrected chi connectivity index (χ2v) is 11.4. The smallest absolute Gasteiger partial charge is 0.410 e. The summed E-state index contributed by atoms with van der Waals surface area (Å²) in [6.45, 7) is 6.50. The summed E-state index contributed by atoms with van der Waals surface area (Å²) in [6, 6.07) is 10.0. The quantitative estimate of drug-likeness (QED) is 0.293. The van der Waals surface area contributed by atoms with Gasteiger partial charge in [0.1, 0.15) is 22.9 Å². The normalized spacial score (nSPS) is 15.7. The number of benzene rings is 1. The highest BCUT2D eigenvalue weighted by atomic mass is 35.5. The molecule has 3 N–H and O–H groups in total. The van der Waals surface area contributed by atoms with Gasteiger partial charge >= 0.3 is 6.09 Å². The maximum absolute atomic E-state index is 12.8. The lowest BCUT2D eigenvalue weighted by Crippen LogP contribution is -2.43. The van der Waals surface area contributed by atoms with Crippen molar-refractivity contribution in [3.05, 3.63) is 64.4 Å². The van der Waals surface area contributed by atoms with Gasteiger partial charge in [0.25, 0.3) is 5.91 Å². The molecule has 0 spiro atoms. The van der Waals surface area contributed by atoms with E-state index in [0.29, 0.717) is 56.7 Å². The number of hydrogen-bond acceptors (Lipinski definition) is 7. The first-order chi connectivity index (χ1) is 19.0. The number of rotatable bonds is 4. The molecule has 1 aliphatic heterocycles. The molecule has 1 atom stereocenters. The number of piperidine rings is 1. The zero-order chi connectivity index (χ0) is 28.6. The Kier molecular flexibility index (Phi) is 7.57. The molecule has 10 nitrogen and oxygen atoms in total. The second kappa shape index (κ2) is 10.9. The number of nitrogens with two attached hydrogens (primary N) is 1. The van der Waals surface area contributed by atoms with Gasteiger partial charge in [-0.25, -0.2) is 14.8 Å². The summed E-state index contributed by atoms with van der Waals surface area (Å²) in [5.74, 6) is 0.323. The average Bonchev–Trinajstić information content (AvgIpc) is 3.32. The molecule has 0 saturated carbocycles. The topological polar surface area (TPSA) is 128 Å². The van der Waals surface area contributed by atoms with Crippen molar-refractivity contribution in [1.29, 1.82) is 0 Å². The molecule has 0 bridgehead atoms. The first-order valence-corrected chi connectivity index (χ1v) is 13.6. The van der Waals surface area contributed by atoms with E-state index in [-0.39, 0.29) is 23.9 Å². The third-order valence-corrected chi connectivity index (χ3v) is 7.09. The summed E-state index contributed by atoms with van der Waals surface area (Å²) >= 11 is 13.4. The molecule has 0 unspecified atom stereocenters. The Morgan fingerprint density at radius 3 is 2.62 bits per heavy atom. The van der Waals surface area contributed by atoms with Crippen LogP contribution in [0.25, 0.3) is 22.2 Å². The Bertz CT molecular complexity index is 1580. The van der Waals surface area contributed by atoms with Crippen molar-refractivity contribution in [3.8, 4) is 11.3 Å². The van der Waals surface area contributed by atoms with Gasteiger partial charge in [0.05, 0.1) is 33.2 Å². The fourth-order valence-corrected chi connectivity index (χ4v) is 5.23. The summed E-state index contributed by atoms with van der Waals surface area (Å²) in [6.07, 6.45) is 4.25. The first kappa shape index (κ1) is 27.7. The first-order valence-electron chi connectivity index (χ1n) is 12.8. The Morgan fingerprint density at radius 1 is 1.12 bits per heavy atom. The van der Waals surface area contributed by atoms with Gasteiger partial charge in [-0.1, -0.05) is 35.3 Å². The minimum Gasteiger partial charge on any atom is -0.444 e. The summed E-state index contributed by atoms with van der Waals surface area (Å²) in [5, 5.41) is 8.89. The van der Waals surface area contributed by atoms with Gasteiger partial charge in [-0.15, -0.1) is 0 Å². The number of hydrogen-bond donors (Lipinski definition) is 2. The van der Waals surface area contributed by atoms with Crippen molar-refractivity contribution in [1.82, 2.24) is 24.6 Å². The van der Waals surface area contributed by atoms with Crippen LogP contribution >= 0.6 is 23.2 Å². The number of carbonyl (C=O) groups is 2. The summed E-state index contributed by atoms with van der Waals surface area (Å²) < 4.78 is 7.40. The average molecular weight is 582 g/mol. The number of nitrogen functional groups attached to an aromatic ring is 1. The molecular formula is C28H29Cl2N7O3. The maximum Gasteiger partial charge on any atom is 0.410 e. The zero-order valence-electron chi connectivity index (χ0n) is 22.3. The lowest BCUT2D eigenvalue weighted by molar-refractivity contribution is 0.0169. The van der Waals surface area contributed by atoms with Crippen molar-refractivity contribution < 1.29 is 14.3 Å². The zero-order valence-corrected chi connectivity index (χ0v) is 23.8. The van der Waals surface area contributed by atoms with Crippen molar-refractivity contribution >= 4 is 57.7 Å². The van der Waals surface area contributed by atoms with E-state index in [1.807, 2.05) is 20.8 Å². The number of nitrogens with zero attached hydrogens (tertiary/aromatic N) is 5. The van der Waals surface area contributed by atoms with Crippen LogP contribution in [0.3, 0.4) is 0 Å². The van der Waals surface area contributed by atoms with Crippen LogP contribution in [0.2, 0.25) is 10.0 Å². The van der Waals surface area contributed by atoms with Crippen LogP contribution in [0, 0.1) is 0 Å². The Morgan fingerprint density at radius 2 is 1.93 bits per heavy atom. The molecule has 3 aromatic heterocycles. The number of anilines is 2. The van der Waals surface area contributed by atoms with Crippen LogP contribution in [0.4, 0.5) is 16.4 Å². The number of pyridine rings is 2. The van der Waals surface area contributed by atoms with E-state index in [2.05, 4.69) is 15.3 Å². The van der Waals surface area contributed by atoms with Gasteiger partial charge < -0.3 is 20.7 Å². The maximum atomic E-state index is 12.8. The molecule has 40 heavy (non-hydrogen) atoms. The van der Waals surface area contributed by atoms with E-state index in [0.717, 1.165) is 12.8 Å². The van der Waals surface area contributed by atoms with E-state index >= 15 is 0 Å². The highest BCUT2D eigenvalue weighted by Gasteiger charge is 2.31. The van der Waals surface area contributed by atoms with Gasteiger partial charge in [0.2, 0.25) is 0 Å². The number of halogens is 2. The van der Waals surface area contributed by atoms with Crippen molar-refractivity contribution in [2.75, 3.05) is 24.1 Å². The number of ether oxygens (including phenoxy) is 1. The highest BCUT2D eigenvalue weighted by Crippen LogP contribution is 2.40. The molecule has 1 aliphatic rings. The fourth-order valence-electron chi connectivity index (χ4n) is 4.73. The molecule has 0 aliphatic carbocycles. The molecule has 1 fully saturated rings. The highest BCUT2D eigenvalue weighted by molar-refractivity contribution is 6.37. The predicted octanol–water partition coefficient (Wildman–Crippen LogP) is 6.21. The van der Waals surface area contributed by atoms with Gasteiger partial charge in [0.15, 0.2) is 0 Å². The van der Waals surface area contributed by atoms with E-state index in [1.54, 1.807) is 52.2 Å². The Balaban J connectivity index is 1.51. The van der Waals surface area contributed by atoms with Crippen LogP contribution in [0.5, 0.6) is 0 Å². The predicted molar refractivity (Wildman–Crippen MR) is 156 cm³/mol. The molecular weight excluding hydrogens is 553 g/mol. The van der Waals surface area contributed by atoms with Crippen LogP contribution in [0.15, 0.2) is 48.8 Å². The number of fused-ring (bicyclic) bond motifs is 1. The van der Waals surface area contributed by atoms with Gasteiger partial charge in [0, 0.05) is 30.4 Å². The minimum atomic E-state index is -0.601. The van der Waals surface area contributed by atoms with Crippen molar-refractivity contribution in [2.45, 2.75) is 45.3 Å². The van der Waals surface area contributed by atoms with Crippen LogP contribution in [0.1, 0.15) is 50.0 Å². The van der Waals surface area contributed by atoms with Gasteiger partial charge in [-0.2, -0.15) is 5.10 Å².